The normalized spacial score (nSPS) is 18.7. The van der Waals surface area contributed by atoms with Crippen LogP contribution < -0.4 is 10.6 Å². The lowest BCUT2D eigenvalue weighted by Crippen LogP contribution is -2.27. The zero-order valence-electron chi connectivity index (χ0n) is 18.4. The van der Waals surface area contributed by atoms with Crippen molar-refractivity contribution >= 4 is 28.8 Å². The number of benzene rings is 1. The Morgan fingerprint density at radius 2 is 2.10 bits per heavy atom. The van der Waals surface area contributed by atoms with Crippen molar-refractivity contribution in [3.63, 3.8) is 0 Å². The fourth-order valence-electron chi connectivity index (χ4n) is 4.22. The van der Waals surface area contributed by atoms with E-state index in [4.69, 9.17) is 11.6 Å². The minimum absolute atomic E-state index is 0.166. The van der Waals surface area contributed by atoms with Gasteiger partial charge in [-0.2, -0.15) is 0 Å². The first-order chi connectivity index (χ1) is 14.9. The summed E-state index contributed by atoms with van der Waals surface area (Å²) in [6.07, 6.45) is 9.16. The predicted molar refractivity (Wildman–Crippen MR) is 126 cm³/mol. The average molecular weight is 438 g/mol. The lowest BCUT2D eigenvalue weighted by Gasteiger charge is -2.21. The average Bonchev–Trinajstić information content (AvgIpc) is 2.95. The van der Waals surface area contributed by atoms with E-state index in [0.717, 1.165) is 47.7 Å². The number of carbonyl (C=O) groups is 1. The minimum Gasteiger partial charge on any atom is -0.388 e. The van der Waals surface area contributed by atoms with Crippen LogP contribution in [0.1, 0.15) is 34.5 Å². The molecule has 1 amide bonds. The van der Waals surface area contributed by atoms with E-state index in [0.29, 0.717) is 16.5 Å². The third-order valence-corrected chi connectivity index (χ3v) is 6.38. The number of halogens is 1. The van der Waals surface area contributed by atoms with Crippen LogP contribution in [0.4, 0.5) is 5.69 Å². The van der Waals surface area contributed by atoms with E-state index in [1.54, 1.807) is 0 Å². The van der Waals surface area contributed by atoms with E-state index in [2.05, 4.69) is 46.6 Å². The largest absolute Gasteiger partial charge is 0.388 e. The number of carbonyl (C=O) groups excluding carboxylic acids is 1. The Bertz CT molecular complexity index is 1110. The van der Waals surface area contributed by atoms with Gasteiger partial charge in [0.25, 0.3) is 5.91 Å². The third kappa shape index (κ3) is 4.18. The maximum Gasteiger partial charge on any atom is 0.291 e. The number of likely N-dealkylation sites (N-methyl/N-ethyl adjacent to an activating group) is 2. The van der Waals surface area contributed by atoms with Gasteiger partial charge in [-0.25, -0.2) is 4.98 Å². The molecule has 2 aromatic rings. The summed E-state index contributed by atoms with van der Waals surface area (Å²) in [5.74, 6) is 0.325. The quantitative estimate of drug-likeness (QED) is 0.758. The van der Waals surface area contributed by atoms with Crippen LogP contribution in [0.15, 0.2) is 48.2 Å². The SMILES string of the molecule is CNC1=CC(C)C(c2cccc(NC(=O)c3nc4c(n3C)CCN(C)C4)c2Cl)=CC=C1. The Morgan fingerprint density at radius 1 is 1.29 bits per heavy atom. The van der Waals surface area contributed by atoms with Gasteiger partial charge in [0, 0.05) is 50.9 Å². The molecule has 0 spiro atoms. The van der Waals surface area contributed by atoms with Gasteiger partial charge in [-0.1, -0.05) is 48.9 Å². The van der Waals surface area contributed by atoms with Crippen LogP contribution in [0, 0.1) is 5.92 Å². The van der Waals surface area contributed by atoms with E-state index in [9.17, 15) is 4.79 Å². The van der Waals surface area contributed by atoms with Crippen molar-refractivity contribution in [1.82, 2.24) is 19.8 Å². The van der Waals surface area contributed by atoms with E-state index < -0.39 is 0 Å². The number of imidazole rings is 1. The third-order valence-electron chi connectivity index (χ3n) is 5.97. The lowest BCUT2D eigenvalue weighted by molar-refractivity contribution is 0.101. The standard InChI is InChI=1S/C24H28ClN5O/c1-15-13-16(26-2)7-5-8-17(15)18-9-6-10-19(22(18)25)28-24(31)23-27-20-14-29(3)12-11-21(20)30(23)4/h5-10,13,15,26H,11-12,14H2,1-4H3,(H,28,31). The van der Waals surface area contributed by atoms with Gasteiger partial charge in [-0.05, 0) is 30.3 Å². The van der Waals surface area contributed by atoms with Crippen molar-refractivity contribution in [3.8, 4) is 0 Å². The van der Waals surface area contributed by atoms with Crippen molar-refractivity contribution in [2.75, 3.05) is 26.0 Å². The lowest BCUT2D eigenvalue weighted by atomic mass is 9.93. The van der Waals surface area contributed by atoms with Crippen LogP contribution in [0.25, 0.3) is 5.57 Å². The molecule has 1 unspecified atom stereocenters. The molecule has 0 fully saturated rings. The summed E-state index contributed by atoms with van der Waals surface area (Å²) < 4.78 is 1.90. The molecule has 1 aliphatic heterocycles. The first-order valence-electron chi connectivity index (χ1n) is 10.5. The summed E-state index contributed by atoms with van der Waals surface area (Å²) in [4.78, 5) is 19.9. The Balaban J connectivity index is 1.61. The minimum atomic E-state index is -0.251. The molecule has 4 rings (SSSR count). The van der Waals surface area contributed by atoms with E-state index in [1.807, 2.05) is 49.0 Å². The fraction of sp³-hybridized carbons (Fsp3) is 0.333. The highest BCUT2D eigenvalue weighted by molar-refractivity contribution is 6.35. The molecule has 162 valence electrons. The summed E-state index contributed by atoms with van der Waals surface area (Å²) in [5, 5.41) is 6.69. The zero-order chi connectivity index (χ0) is 22.1. The van der Waals surface area contributed by atoms with Crippen LogP contribution in [-0.4, -0.2) is 41.0 Å². The molecular formula is C24H28ClN5O. The number of anilines is 1. The first-order valence-corrected chi connectivity index (χ1v) is 10.9. The van der Waals surface area contributed by atoms with Gasteiger partial charge in [0.15, 0.2) is 5.82 Å². The molecule has 0 saturated heterocycles. The zero-order valence-corrected chi connectivity index (χ0v) is 19.1. The van der Waals surface area contributed by atoms with Crippen LogP contribution in [0.2, 0.25) is 5.02 Å². The molecule has 2 aliphatic rings. The van der Waals surface area contributed by atoms with Crippen molar-refractivity contribution in [2.45, 2.75) is 19.9 Å². The van der Waals surface area contributed by atoms with Crippen molar-refractivity contribution < 1.29 is 4.79 Å². The second-order valence-corrected chi connectivity index (χ2v) is 8.52. The van der Waals surface area contributed by atoms with Crippen LogP contribution in [0.3, 0.4) is 0 Å². The van der Waals surface area contributed by atoms with Gasteiger partial charge in [-0.15, -0.1) is 0 Å². The van der Waals surface area contributed by atoms with Gasteiger partial charge >= 0.3 is 0 Å². The summed E-state index contributed by atoms with van der Waals surface area (Å²) in [6, 6.07) is 5.73. The second-order valence-electron chi connectivity index (χ2n) is 8.14. The predicted octanol–water partition coefficient (Wildman–Crippen LogP) is 4.01. The first kappa shape index (κ1) is 21.4. The van der Waals surface area contributed by atoms with Gasteiger partial charge in [-0.3, -0.25) is 4.79 Å². The molecule has 1 aliphatic carbocycles. The van der Waals surface area contributed by atoms with Gasteiger partial charge in [0.2, 0.25) is 0 Å². The molecular weight excluding hydrogens is 410 g/mol. The van der Waals surface area contributed by atoms with Crippen LogP contribution in [-0.2, 0) is 20.0 Å². The molecule has 31 heavy (non-hydrogen) atoms. The number of nitrogens with one attached hydrogen (secondary N) is 2. The summed E-state index contributed by atoms with van der Waals surface area (Å²) >= 11 is 6.77. The number of aromatic nitrogens is 2. The second kappa shape index (κ2) is 8.73. The van der Waals surface area contributed by atoms with Gasteiger partial charge in [0.1, 0.15) is 0 Å². The smallest absolute Gasteiger partial charge is 0.291 e. The van der Waals surface area contributed by atoms with Crippen molar-refractivity contribution in [2.24, 2.45) is 13.0 Å². The van der Waals surface area contributed by atoms with Crippen molar-refractivity contribution in [3.05, 3.63) is 76.0 Å². The molecule has 2 heterocycles. The summed E-state index contributed by atoms with van der Waals surface area (Å²) in [7, 11) is 5.88. The number of nitrogens with zero attached hydrogens (tertiary/aromatic N) is 3. The molecule has 1 aromatic carbocycles. The van der Waals surface area contributed by atoms with Crippen LogP contribution in [0.5, 0.6) is 0 Å². The van der Waals surface area contributed by atoms with Gasteiger partial charge < -0.3 is 20.1 Å². The number of hydrogen-bond acceptors (Lipinski definition) is 4. The van der Waals surface area contributed by atoms with E-state index >= 15 is 0 Å². The molecule has 0 saturated carbocycles. The molecule has 0 radical (unpaired) electrons. The van der Waals surface area contributed by atoms with Crippen molar-refractivity contribution in [1.29, 1.82) is 0 Å². The summed E-state index contributed by atoms with van der Waals surface area (Å²) in [5.41, 5.74) is 5.74. The highest BCUT2D eigenvalue weighted by Crippen LogP contribution is 2.36. The number of fused-ring (bicyclic) bond motifs is 1. The summed E-state index contributed by atoms with van der Waals surface area (Å²) in [6.45, 7) is 3.86. The number of hydrogen-bond donors (Lipinski definition) is 2. The Labute approximate surface area is 188 Å². The monoisotopic (exact) mass is 437 g/mol. The highest BCUT2D eigenvalue weighted by Gasteiger charge is 2.25. The van der Waals surface area contributed by atoms with Gasteiger partial charge in [0.05, 0.1) is 16.4 Å². The van der Waals surface area contributed by atoms with Crippen LogP contribution >= 0.6 is 11.6 Å². The van der Waals surface area contributed by atoms with E-state index in [-0.39, 0.29) is 11.8 Å². The number of amides is 1. The molecule has 2 N–H and O–H groups in total. The topological polar surface area (TPSA) is 62.2 Å². The highest BCUT2D eigenvalue weighted by atomic mass is 35.5. The van der Waals surface area contributed by atoms with E-state index in [1.165, 1.54) is 0 Å². The fourth-order valence-corrected chi connectivity index (χ4v) is 4.50. The Kier molecular flexibility index (Phi) is 6.03. The Hall–Kier alpha value is -2.83. The molecule has 1 atom stereocenters. The number of allylic oxidation sites excluding steroid dienone is 5. The maximum atomic E-state index is 13.1. The molecule has 0 bridgehead atoms. The molecule has 6 nitrogen and oxygen atoms in total. The maximum absolute atomic E-state index is 13.1. The Morgan fingerprint density at radius 3 is 2.87 bits per heavy atom. The number of rotatable bonds is 4. The molecule has 7 heteroatoms. The molecule has 1 aromatic heterocycles.